The first-order valence-corrected chi connectivity index (χ1v) is 4.38. The SMILES string of the molecule is CCN(Cc1cccnc1)C(C)=O. The van der Waals surface area contributed by atoms with Crippen LogP contribution < -0.4 is 0 Å². The molecule has 0 aliphatic heterocycles. The van der Waals surface area contributed by atoms with E-state index in [0.717, 1.165) is 12.1 Å². The van der Waals surface area contributed by atoms with Gasteiger partial charge in [-0.15, -0.1) is 0 Å². The number of carbonyl (C=O) groups excluding carboxylic acids is 1. The molecule has 0 aliphatic carbocycles. The van der Waals surface area contributed by atoms with Gasteiger partial charge in [0.1, 0.15) is 0 Å². The molecule has 0 spiro atoms. The molecule has 0 atom stereocenters. The van der Waals surface area contributed by atoms with E-state index in [9.17, 15) is 4.79 Å². The highest BCUT2D eigenvalue weighted by molar-refractivity contribution is 5.73. The summed E-state index contributed by atoms with van der Waals surface area (Å²) in [6.45, 7) is 4.95. The van der Waals surface area contributed by atoms with E-state index in [-0.39, 0.29) is 5.91 Å². The van der Waals surface area contributed by atoms with Crippen molar-refractivity contribution in [3.8, 4) is 0 Å². The Kier molecular flexibility index (Phi) is 3.43. The Morgan fingerprint density at radius 1 is 1.62 bits per heavy atom. The maximum atomic E-state index is 11.1. The standard InChI is InChI=1S/C10H14N2O/c1-3-12(9(2)13)8-10-5-4-6-11-7-10/h4-7H,3,8H2,1-2H3. The Labute approximate surface area is 78.4 Å². The van der Waals surface area contributed by atoms with Gasteiger partial charge in [0.15, 0.2) is 0 Å². The van der Waals surface area contributed by atoms with Gasteiger partial charge in [-0.3, -0.25) is 9.78 Å². The summed E-state index contributed by atoms with van der Waals surface area (Å²) in [5.74, 6) is 0.103. The van der Waals surface area contributed by atoms with E-state index in [1.807, 2.05) is 19.1 Å². The molecule has 1 amide bonds. The van der Waals surface area contributed by atoms with Crippen molar-refractivity contribution in [2.75, 3.05) is 6.54 Å². The second-order valence-corrected chi connectivity index (χ2v) is 2.89. The van der Waals surface area contributed by atoms with Crippen molar-refractivity contribution < 1.29 is 4.79 Å². The quantitative estimate of drug-likeness (QED) is 0.701. The van der Waals surface area contributed by atoms with Gasteiger partial charge in [0, 0.05) is 32.4 Å². The van der Waals surface area contributed by atoms with Crippen LogP contribution in [0.5, 0.6) is 0 Å². The van der Waals surface area contributed by atoms with Crippen molar-refractivity contribution in [1.82, 2.24) is 9.88 Å². The zero-order chi connectivity index (χ0) is 9.68. The third kappa shape index (κ3) is 2.86. The molecule has 70 valence electrons. The van der Waals surface area contributed by atoms with Crippen LogP contribution in [0.3, 0.4) is 0 Å². The smallest absolute Gasteiger partial charge is 0.219 e. The van der Waals surface area contributed by atoms with Crippen LogP contribution in [0.1, 0.15) is 19.4 Å². The molecule has 1 heterocycles. The summed E-state index contributed by atoms with van der Waals surface area (Å²) >= 11 is 0. The van der Waals surface area contributed by atoms with Gasteiger partial charge in [0.2, 0.25) is 5.91 Å². The Morgan fingerprint density at radius 2 is 2.38 bits per heavy atom. The molecule has 0 aliphatic rings. The normalized spacial score (nSPS) is 9.69. The molecule has 1 aromatic rings. The topological polar surface area (TPSA) is 33.2 Å². The maximum Gasteiger partial charge on any atom is 0.219 e. The summed E-state index contributed by atoms with van der Waals surface area (Å²) in [7, 11) is 0. The summed E-state index contributed by atoms with van der Waals surface area (Å²) in [5, 5.41) is 0. The molecule has 0 saturated carbocycles. The average molecular weight is 178 g/mol. The van der Waals surface area contributed by atoms with E-state index in [0.29, 0.717) is 6.54 Å². The maximum absolute atomic E-state index is 11.1. The Hall–Kier alpha value is -1.38. The van der Waals surface area contributed by atoms with Gasteiger partial charge in [-0.2, -0.15) is 0 Å². The second-order valence-electron chi connectivity index (χ2n) is 2.89. The zero-order valence-electron chi connectivity index (χ0n) is 8.03. The minimum atomic E-state index is 0.103. The number of hydrogen-bond donors (Lipinski definition) is 0. The number of amides is 1. The van der Waals surface area contributed by atoms with Crippen LogP contribution >= 0.6 is 0 Å². The van der Waals surface area contributed by atoms with E-state index < -0.39 is 0 Å². The Morgan fingerprint density at radius 3 is 2.85 bits per heavy atom. The molecule has 1 rings (SSSR count). The molecular weight excluding hydrogens is 164 g/mol. The lowest BCUT2D eigenvalue weighted by molar-refractivity contribution is -0.129. The van der Waals surface area contributed by atoms with Crippen molar-refractivity contribution in [3.63, 3.8) is 0 Å². The van der Waals surface area contributed by atoms with E-state index in [2.05, 4.69) is 4.98 Å². The van der Waals surface area contributed by atoms with E-state index in [1.165, 1.54) is 0 Å². The van der Waals surface area contributed by atoms with Crippen LogP contribution in [0.25, 0.3) is 0 Å². The van der Waals surface area contributed by atoms with Crippen LogP contribution in [0.15, 0.2) is 24.5 Å². The second kappa shape index (κ2) is 4.60. The number of pyridine rings is 1. The molecule has 0 saturated heterocycles. The van der Waals surface area contributed by atoms with Crippen LogP contribution in [0, 0.1) is 0 Å². The fraction of sp³-hybridized carbons (Fsp3) is 0.400. The van der Waals surface area contributed by atoms with Crippen LogP contribution in [-0.4, -0.2) is 22.3 Å². The van der Waals surface area contributed by atoms with E-state index >= 15 is 0 Å². The van der Waals surface area contributed by atoms with Gasteiger partial charge in [-0.1, -0.05) is 6.07 Å². The number of aromatic nitrogens is 1. The van der Waals surface area contributed by atoms with Crippen molar-refractivity contribution in [3.05, 3.63) is 30.1 Å². The highest BCUT2D eigenvalue weighted by atomic mass is 16.2. The fourth-order valence-electron chi connectivity index (χ4n) is 1.16. The largest absolute Gasteiger partial charge is 0.339 e. The van der Waals surface area contributed by atoms with Crippen molar-refractivity contribution in [1.29, 1.82) is 0 Å². The number of rotatable bonds is 3. The highest BCUT2D eigenvalue weighted by Crippen LogP contribution is 2.02. The van der Waals surface area contributed by atoms with Gasteiger partial charge in [0.05, 0.1) is 0 Å². The van der Waals surface area contributed by atoms with Crippen LogP contribution in [0.2, 0.25) is 0 Å². The molecule has 3 heteroatoms. The summed E-state index contributed by atoms with van der Waals surface area (Å²) in [6, 6.07) is 3.85. The molecule has 0 unspecified atom stereocenters. The first-order chi connectivity index (χ1) is 6.24. The molecule has 0 N–H and O–H groups in total. The molecule has 0 fully saturated rings. The molecule has 1 aromatic heterocycles. The first kappa shape index (κ1) is 9.71. The first-order valence-electron chi connectivity index (χ1n) is 4.38. The van der Waals surface area contributed by atoms with Gasteiger partial charge in [-0.25, -0.2) is 0 Å². The molecule has 0 bridgehead atoms. The highest BCUT2D eigenvalue weighted by Gasteiger charge is 2.05. The monoisotopic (exact) mass is 178 g/mol. The summed E-state index contributed by atoms with van der Waals surface area (Å²) < 4.78 is 0. The molecule has 13 heavy (non-hydrogen) atoms. The Bertz CT molecular complexity index is 272. The van der Waals surface area contributed by atoms with Gasteiger partial charge < -0.3 is 4.90 Å². The van der Waals surface area contributed by atoms with Crippen molar-refractivity contribution >= 4 is 5.91 Å². The summed E-state index contributed by atoms with van der Waals surface area (Å²) in [4.78, 5) is 16.9. The number of nitrogens with zero attached hydrogens (tertiary/aromatic N) is 2. The molecular formula is C10H14N2O. The van der Waals surface area contributed by atoms with Crippen LogP contribution in [-0.2, 0) is 11.3 Å². The third-order valence-electron chi connectivity index (χ3n) is 1.92. The van der Waals surface area contributed by atoms with Crippen molar-refractivity contribution in [2.45, 2.75) is 20.4 Å². The van der Waals surface area contributed by atoms with Crippen LogP contribution in [0.4, 0.5) is 0 Å². The molecule has 3 nitrogen and oxygen atoms in total. The average Bonchev–Trinajstić information content (AvgIpc) is 2.15. The number of carbonyl (C=O) groups is 1. The lowest BCUT2D eigenvalue weighted by Crippen LogP contribution is -2.27. The van der Waals surface area contributed by atoms with Gasteiger partial charge in [-0.05, 0) is 18.6 Å². The van der Waals surface area contributed by atoms with E-state index in [1.54, 1.807) is 24.2 Å². The van der Waals surface area contributed by atoms with Crippen molar-refractivity contribution in [2.24, 2.45) is 0 Å². The lowest BCUT2D eigenvalue weighted by Gasteiger charge is -2.18. The predicted octanol–water partition coefficient (Wildman–Crippen LogP) is 1.45. The van der Waals surface area contributed by atoms with Gasteiger partial charge >= 0.3 is 0 Å². The summed E-state index contributed by atoms with van der Waals surface area (Å²) in [5.41, 5.74) is 1.07. The minimum Gasteiger partial charge on any atom is -0.339 e. The predicted molar refractivity (Wildman–Crippen MR) is 51.0 cm³/mol. The molecule has 0 aromatic carbocycles. The third-order valence-corrected chi connectivity index (χ3v) is 1.92. The minimum absolute atomic E-state index is 0.103. The summed E-state index contributed by atoms with van der Waals surface area (Å²) in [6.07, 6.45) is 3.51. The van der Waals surface area contributed by atoms with E-state index in [4.69, 9.17) is 0 Å². The Balaban J connectivity index is 2.62. The fourth-order valence-corrected chi connectivity index (χ4v) is 1.16. The molecule has 0 radical (unpaired) electrons. The number of hydrogen-bond acceptors (Lipinski definition) is 2. The zero-order valence-corrected chi connectivity index (χ0v) is 8.03. The lowest BCUT2D eigenvalue weighted by atomic mass is 10.2. The van der Waals surface area contributed by atoms with Gasteiger partial charge in [0.25, 0.3) is 0 Å².